The SMILES string of the molecule is COC(=O)Cc1cc([N+](=O)[O-])cc(C)c1Br. The molecule has 0 bridgehead atoms. The van der Waals surface area contributed by atoms with Crippen molar-refractivity contribution in [2.75, 3.05) is 7.11 Å². The maximum atomic E-state index is 11.1. The molecule has 0 spiro atoms. The molecular formula is C10H10BrNO4. The van der Waals surface area contributed by atoms with Gasteiger partial charge in [0.2, 0.25) is 0 Å². The lowest BCUT2D eigenvalue weighted by atomic mass is 10.1. The van der Waals surface area contributed by atoms with Crippen molar-refractivity contribution in [2.45, 2.75) is 13.3 Å². The number of carbonyl (C=O) groups excluding carboxylic acids is 1. The number of esters is 1. The van der Waals surface area contributed by atoms with Gasteiger partial charge in [0.15, 0.2) is 0 Å². The molecule has 0 aliphatic rings. The molecule has 0 aliphatic carbocycles. The van der Waals surface area contributed by atoms with E-state index in [2.05, 4.69) is 20.7 Å². The number of nitrogens with zero attached hydrogens (tertiary/aromatic N) is 1. The van der Waals surface area contributed by atoms with E-state index >= 15 is 0 Å². The predicted molar refractivity (Wildman–Crippen MR) is 61.3 cm³/mol. The number of benzene rings is 1. The second-order valence-electron chi connectivity index (χ2n) is 3.25. The number of carbonyl (C=O) groups is 1. The van der Waals surface area contributed by atoms with Crippen LogP contribution in [-0.4, -0.2) is 18.0 Å². The van der Waals surface area contributed by atoms with Crippen LogP contribution in [0.5, 0.6) is 0 Å². The van der Waals surface area contributed by atoms with E-state index in [9.17, 15) is 14.9 Å². The largest absolute Gasteiger partial charge is 0.469 e. The number of non-ortho nitro benzene ring substituents is 1. The van der Waals surface area contributed by atoms with Crippen LogP contribution in [0, 0.1) is 17.0 Å². The zero-order chi connectivity index (χ0) is 12.3. The summed E-state index contributed by atoms with van der Waals surface area (Å²) in [6.07, 6.45) is 0.0135. The van der Waals surface area contributed by atoms with Gasteiger partial charge < -0.3 is 4.74 Å². The van der Waals surface area contributed by atoms with Gasteiger partial charge in [-0.05, 0) is 18.1 Å². The van der Waals surface area contributed by atoms with Crippen LogP contribution in [0.25, 0.3) is 0 Å². The summed E-state index contributed by atoms with van der Waals surface area (Å²) in [5.41, 5.74) is 1.24. The molecule has 0 unspecified atom stereocenters. The third-order valence-electron chi connectivity index (χ3n) is 2.09. The van der Waals surface area contributed by atoms with Gasteiger partial charge >= 0.3 is 5.97 Å². The molecule has 5 nitrogen and oxygen atoms in total. The summed E-state index contributed by atoms with van der Waals surface area (Å²) >= 11 is 3.29. The van der Waals surface area contributed by atoms with Crippen LogP contribution in [0.3, 0.4) is 0 Å². The number of halogens is 1. The Morgan fingerprint density at radius 1 is 1.56 bits per heavy atom. The van der Waals surface area contributed by atoms with E-state index in [0.29, 0.717) is 15.6 Å². The van der Waals surface area contributed by atoms with E-state index in [-0.39, 0.29) is 12.1 Å². The number of hydrogen-bond acceptors (Lipinski definition) is 4. The fourth-order valence-corrected chi connectivity index (χ4v) is 1.65. The van der Waals surface area contributed by atoms with Crippen LogP contribution in [0.1, 0.15) is 11.1 Å². The number of rotatable bonds is 3. The van der Waals surface area contributed by atoms with Gasteiger partial charge in [-0.15, -0.1) is 0 Å². The van der Waals surface area contributed by atoms with Crippen LogP contribution >= 0.6 is 15.9 Å². The Bertz CT molecular complexity index is 445. The predicted octanol–water partition coefficient (Wildman–Crippen LogP) is 2.38. The smallest absolute Gasteiger partial charge is 0.310 e. The Hall–Kier alpha value is -1.43. The van der Waals surface area contributed by atoms with Crippen molar-refractivity contribution in [2.24, 2.45) is 0 Å². The summed E-state index contributed by atoms with van der Waals surface area (Å²) in [5, 5.41) is 10.6. The molecular weight excluding hydrogens is 278 g/mol. The summed E-state index contributed by atoms with van der Waals surface area (Å²) in [7, 11) is 1.28. The van der Waals surface area contributed by atoms with E-state index in [4.69, 9.17) is 0 Å². The summed E-state index contributed by atoms with van der Waals surface area (Å²) < 4.78 is 5.22. The molecule has 86 valence electrons. The van der Waals surface area contributed by atoms with Crippen LogP contribution in [0.4, 0.5) is 5.69 Å². The van der Waals surface area contributed by atoms with Crippen LogP contribution < -0.4 is 0 Å². The van der Waals surface area contributed by atoms with Gasteiger partial charge in [0, 0.05) is 16.6 Å². The highest BCUT2D eigenvalue weighted by Gasteiger charge is 2.15. The molecule has 0 heterocycles. The van der Waals surface area contributed by atoms with Crippen LogP contribution in [0.2, 0.25) is 0 Å². The highest BCUT2D eigenvalue weighted by atomic mass is 79.9. The minimum atomic E-state index is -0.486. The first-order chi connectivity index (χ1) is 7.45. The van der Waals surface area contributed by atoms with Crippen molar-refractivity contribution >= 4 is 27.6 Å². The molecule has 0 aliphatic heterocycles. The molecule has 0 fully saturated rings. The maximum Gasteiger partial charge on any atom is 0.310 e. The minimum Gasteiger partial charge on any atom is -0.469 e. The lowest BCUT2D eigenvalue weighted by molar-refractivity contribution is -0.385. The zero-order valence-electron chi connectivity index (χ0n) is 8.82. The van der Waals surface area contributed by atoms with E-state index in [0.717, 1.165) is 0 Å². The third-order valence-corrected chi connectivity index (χ3v) is 3.22. The minimum absolute atomic E-state index is 0.0135. The Kier molecular flexibility index (Phi) is 4.00. The molecule has 1 aromatic carbocycles. The highest BCUT2D eigenvalue weighted by molar-refractivity contribution is 9.10. The first-order valence-corrected chi connectivity index (χ1v) is 5.25. The number of hydrogen-bond donors (Lipinski definition) is 0. The van der Waals surface area contributed by atoms with Crippen molar-refractivity contribution < 1.29 is 14.5 Å². The Balaban J connectivity index is 3.16. The number of aryl methyl sites for hydroxylation is 1. The number of nitro benzene ring substituents is 1. The topological polar surface area (TPSA) is 69.4 Å². The summed E-state index contributed by atoms with van der Waals surface area (Å²) in [6.45, 7) is 1.73. The first-order valence-electron chi connectivity index (χ1n) is 4.46. The molecule has 0 saturated heterocycles. The molecule has 0 N–H and O–H groups in total. The summed E-state index contributed by atoms with van der Waals surface area (Å²) in [5.74, 6) is -0.430. The second-order valence-corrected chi connectivity index (χ2v) is 4.04. The Morgan fingerprint density at radius 2 is 2.19 bits per heavy atom. The van der Waals surface area contributed by atoms with E-state index in [1.165, 1.54) is 19.2 Å². The standard InChI is InChI=1S/C10H10BrNO4/c1-6-3-8(12(14)15)4-7(10(6)11)5-9(13)16-2/h3-4H,5H2,1-2H3. The Labute approximate surface area is 101 Å². The molecule has 1 rings (SSSR count). The zero-order valence-corrected chi connectivity index (χ0v) is 10.4. The van der Waals surface area contributed by atoms with Crippen molar-refractivity contribution in [3.8, 4) is 0 Å². The van der Waals surface area contributed by atoms with Crippen molar-refractivity contribution in [1.82, 2.24) is 0 Å². The normalized spacial score (nSPS) is 9.94. The van der Waals surface area contributed by atoms with E-state index < -0.39 is 10.9 Å². The van der Waals surface area contributed by atoms with Gasteiger partial charge in [-0.25, -0.2) is 0 Å². The second kappa shape index (κ2) is 5.07. The summed E-state index contributed by atoms with van der Waals surface area (Å²) in [4.78, 5) is 21.3. The summed E-state index contributed by atoms with van der Waals surface area (Å²) in [6, 6.07) is 2.82. The Morgan fingerprint density at radius 3 is 2.69 bits per heavy atom. The van der Waals surface area contributed by atoms with E-state index in [1.807, 2.05) is 0 Å². The van der Waals surface area contributed by atoms with Crippen LogP contribution in [-0.2, 0) is 16.0 Å². The van der Waals surface area contributed by atoms with Gasteiger partial charge in [0.1, 0.15) is 0 Å². The molecule has 0 aromatic heterocycles. The van der Waals surface area contributed by atoms with Gasteiger partial charge in [0.05, 0.1) is 18.5 Å². The first kappa shape index (κ1) is 12.6. The van der Waals surface area contributed by atoms with Gasteiger partial charge in [-0.3, -0.25) is 14.9 Å². The average molecular weight is 288 g/mol. The number of methoxy groups -OCH3 is 1. The maximum absolute atomic E-state index is 11.1. The van der Waals surface area contributed by atoms with Crippen molar-refractivity contribution in [3.63, 3.8) is 0 Å². The van der Waals surface area contributed by atoms with E-state index in [1.54, 1.807) is 6.92 Å². The lowest BCUT2D eigenvalue weighted by Crippen LogP contribution is -2.06. The molecule has 16 heavy (non-hydrogen) atoms. The van der Waals surface area contributed by atoms with Crippen molar-refractivity contribution in [3.05, 3.63) is 37.8 Å². The quantitative estimate of drug-likeness (QED) is 0.486. The fourth-order valence-electron chi connectivity index (χ4n) is 1.28. The van der Waals surface area contributed by atoms with Gasteiger partial charge in [0.25, 0.3) is 5.69 Å². The highest BCUT2D eigenvalue weighted by Crippen LogP contribution is 2.27. The number of nitro groups is 1. The third kappa shape index (κ3) is 2.79. The molecule has 0 amide bonds. The van der Waals surface area contributed by atoms with Crippen LogP contribution in [0.15, 0.2) is 16.6 Å². The fraction of sp³-hybridized carbons (Fsp3) is 0.300. The van der Waals surface area contributed by atoms with Crippen molar-refractivity contribution in [1.29, 1.82) is 0 Å². The molecule has 6 heteroatoms. The monoisotopic (exact) mass is 287 g/mol. The molecule has 0 saturated carbocycles. The van der Waals surface area contributed by atoms with Gasteiger partial charge in [-0.1, -0.05) is 15.9 Å². The molecule has 0 radical (unpaired) electrons. The molecule has 0 atom stereocenters. The molecule has 1 aromatic rings. The number of ether oxygens (including phenoxy) is 1. The average Bonchev–Trinajstić information content (AvgIpc) is 2.23. The lowest BCUT2D eigenvalue weighted by Gasteiger charge is -2.06. The van der Waals surface area contributed by atoms with Gasteiger partial charge in [-0.2, -0.15) is 0 Å².